The summed E-state index contributed by atoms with van der Waals surface area (Å²) in [6, 6.07) is 10.0. The summed E-state index contributed by atoms with van der Waals surface area (Å²) in [6.45, 7) is 6.58. The minimum atomic E-state index is -0.529. The van der Waals surface area contributed by atoms with Gasteiger partial charge in [0.25, 0.3) is 5.91 Å². The van der Waals surface area contributed by atoms with E-state index in [4.69, 9.17) is 9.84 Å². The molecular formula is C24H26BrN5O3. The highest BCUT2D eigenvalue weighted by atomic mass is 79.9. The molecule has 0 radical (unpaired) electrons. The van der Waals surface area contributed by atoms with Crippen LogP contribution in [0.15, 0.2) is 41.0 Å². The Balaban J connectivity index is 1.31. The molecule has 0 spiro atoms. The smallest absolute Gasteiger partial charge is 0.410 e. The van der Waals surface area contributed by atoms with Crippen LogP contribution in [0.1, 0.15) is 54.0 Å². The van der Waals surface area contributed by atoms with E-state index >= 15 is 0 Å². The summed E-state index contributed by atoms with van der Waals surface area (Å²) in [4.78, 5) is 31.5. The number of likely N-dealkylation sites (tertiary alicyclic amines) is 1. The van der Waals surface area contributed by atoms with Gasteiger partial charge in [-0.3, -0.25) is 4.79 Å². The molecule has 2 amide bonds. The van der Waals surface area contributed by atoms with E-state index in [2.05, 4.69) is 38.4 Å². The van der Waals surface area contributed by atoms with Gasteiger partial charge in [0.2, 0.25) is 0 Å². The largest absolute Gasteiger partial charge is 0.444 e. The van der Waals surface area contributed by atoms with Crippen LogP contribution in [0.4, 0.5) is 4.79 Å². The molecule has 2 aromatic heterocycles. The first-order valence-electron chi connectivity index (χ1n) is 11.1. The number of amides is 2. The number of hydrogen-bond donors (Lipinski definition) is 1. The maximum atomic E-state index is 13.1. The molecule has 1 aromatic carbocycles. The van der Waals surface area contributed by atoms with Crippen LogP contribution in [0.3, 0.4) is 0 Å². The molecule has 8 nitrogen and oxygen atoms in total. The third kappa shape index (κ3) is 4.21. The number of halogens is 1. The summed E-state index contributed by atoms with van der Waals surface area (Å²) in [7, 11) is 0. The lowest BCUT2D eigenvalue weighted by Crippen LogP contribution is -2.50. The summed E-state index contributed by atoms with van der Waals surface area (Å²) in [6.07, 6.45) is 2.95. The third-order valence-electron chi connectivity index (χ3n) is 6.03. The van der Waals surface area contributed by atoms with Gasteiger partial charge >= 0.3 is 6.09 Å². The SMILES string of the molecule is CC(C)(C)OC(=O)N1CC(c2nn3c(C(=O)NC4Cc5ccccc5C4)ccnc3c2Br)C1. The van der Waals surface area contributed by atoms with Crippen molar-refractivity contribution in [2.75, 3.05) is 13.1 Å². The van der Waals surface area contributed by atoms with E-state index in [1.54, 1.807) is 21.7 Å². The fourth-order valence-electron chi connectivity index (χ4n) is 4.41. The van der Waals surface area contributed by atoms with Gasteiger partial charge in [-0.2, -0.15) is 5.10 Å². The van der Waals surface area contributed by atoms with Gasteiger partial charge in [0, 0.05) is 31.2 Å². The van der Waals surface area contributed by atoms with Crippen LogP contribution in [0.2, 0.25) is 0 Å². The van der Waals surface area contributed by atoms with Crippen molar-refractivity contribution < 1.29 is 14.3 Å². The van der Waals surface area contributed by atoms with Crippen molar-refractivity contribution >= 4 is 33.6 Å². The van der Waals surface area contributed by atoms with Gasteiger partial charge in [-0.05, 0) is 66.7 Å². The zero-order valence-electron chi connectivity index (χ0n) is 18.8. The van der Waals surface area contributed by atoms with Gasteiger partial charge in [-0.1, -0.05) is 24.3 Å². The van der Waals surface area contributed by atoms with Crippen LogP contribution in [0, 0.1) is 0 Å². The molecule has 1 saturated heterocycles. The molecule has 0 saturated carbocycles. The zero-order chi connectivity index (χ0) is 23.3. The van der Waals surface area contributed by atoms with Crippen LogP contribution < -0.4 is 5.32 Å². The predicted molar refractivity (Wildman–Crippen MR) is 126 cm³/mol. The van der Waals surface area contributed by atoms with Crippen LogP contribution in [0.5, 0.6) is 0 Å². The Morgan fingerprint density at radius 2 is 1.79 bits per heavy atom. The molecule has 1 aliphatic carbocycles. The van der Waals surface area contributed by atoms with Crippen LogP contribution in [0.25, 0.3) is 5.65 Å². The summed E-state index contributed by atoms with van der Waals surface area (Å²) in [5.74, 6) is -0.125. The minimum absolute atomic E-state index is 0.0498. The van der Waals surface area contributed by atoms with Gasteiger partial charge in [-0.25, -0.2) is 14.3 Å². The second-order valence-electron chi connectivity index (χ2n) is 9.69. The molecule has 3 heterocycles. The van der Waals surface area contributed by atoms with Crippen molar-refractivity contribution in [2.24, 2.45) is 0 Å². The summed E-state index contributed by atoms with van der Waals surface area (Å²) < 4.78 is 7.78. The lowest BCUT2D eigenvalue weighted by molar-refractivity contribution is 0.00780. The first-order chi connectivity index (χ1) is 15.7. The number of rotatable bonds is 3. The first-order valence-corrected chi connectivity index (χ1v) is 11.9. The Kier molecular flexibility index (Phi) is 5.39. The number of nitrogens with one attached hydrogen (secondary N) is 1. The van der Waals surface area contributed by atoms with E-state index < -0.39 is 5.60 Å². The zero-order valence-corrected chi connectivity index (χ0v) is 20.4. The van der Waals surface area contributed by atoms with Crippen molar-refractivity contribution in [3.8, 4) is 0 Å². The molecule has 0 atom stereocenters. The fraction of sp³-hybridized carbons (Fsp3) is 0.417. The van der Waals surface area contributed by atoms with Gasteiger partial charge in [-0.15, -0.1) is 0 Å². The van der Waals surface area contributed by atoms with Crippen molar-refractivity contribution in [3.05, 3.63) is 63.5 Å². The number of carbonyl (C=O) groups excluding carboxylic acids is 2. The van der Waals surface area contributed by atoms with E-state index in [0.29, 0.717) is 24.4 Å². The lowest BCUT2D eigenvalue weighted by atomic mass is 9.97. The quantitative estimate of drug-likeness (QED) is 0.578. The van der Waals surface area contributed by atoms with Crippen LogP contribution in [-0.4, -0.2) is 56.2 Å². The first kappa shape index (κ1) is 21.9. The molecule has 0 unspecified atom stereocenters. The van der Waals surface area contributed by atoms with Gasteiger partial charge < -0.3 is 15.0 Å². The Labute approximate surface area is 200 Å². The van der Waals surface area contributed by atoms with Crippen molar-refractivity contribution in [1.82, 2.24) is 24.8 Å². The Morgan fingerprint density at radius 1 is 1.12 bits per heavy atom. The highest BCUT2D eigenvalue weighted by Crippen LogP contribution is 2.34. The topological polar surface area (TPSA) is 88.8 Å². The summed E-state index contributed by atoms with van der Waals surface area (Å²) in [5.41, 5.74) is 3.85. The molecule has 2 aliphatic rings. The number of aromatic nitrogens is 3. The monoisotopic (exact) mass is 511 g/mol. The highest BCUT2D eigenvalue weighted by Gasteiger charge is 2.38. The maximum absolute atomic E-state index is 13.1. The molecule has 1 aliphatic heterocycles. The van der Waals surface area contributed by atoms with Crippen molar-refractivity contribution in [1.29, 1.82) is 0 Å². The Morgan fingerprint density at radius 3 is 2.42 bits per heavy atom. The number of hydrogen-bond acceptors (Lipinski definition) is 5. The Bertz CT molecular complexity index is 1220. The van der Waals surface area contributed by atoms with Gasteiger partial charge in [0.1, 0.15) is 11.3 Å². The molecule has 172 valence electrons. The fourth-order valence-corrected chi connectivity index (χ4v) is 5.09. The van der Waals surface area contributed by atoms with Crippen LogP contribution >= 0.6 is 15.9 Å². The number of nitrogens with zero attached hydrogens (tertiary/aromatic N) is 4. The van der Waals surface area contributed by atoms with E-state index in [0.717, 1.165) is 23.0 Å². The molecule has 33 heavy (non-hydrogen) atoms. The van der Waals surface area contributed by atoms with Crippen LogP contribution in [-0.2, 0) is 17.6 Å². The standard InChI is InChI=1S/C24H26BrN5O3/c1-24(2,3)33-23(32)29-12-16(13-29)20-19(25)21-26-9-8-18(30(21)28-20)22(31)27-17-10-14-6-4-5-7-15(14)11-17/h4-9,16-17H,10-13H2,1-3H3,(H,27,31). The Hall–Kier alpha value is -2.94. The molecular weight excluding hydrogens is 486 g/mol. The lowest BCUT2D eigenvalue weighted by Gasteiger charge is -2.39. The third-order valence-corrected chi connectivity index (χ3v) is 6.79. The van der Waals surface area contributed by atoms with E-state index in [9.17, 15) is 9.59 Å². The molecule has 0 bridgehead atoms. The minimum Gasteiger partial charge on any atom is -0.444 e. The molecule has 1 fully saturated rings. The summed E-state index contributed by atoms with van der Waals surface area (Å²) in [5, 5.41) is 7.86. The average Bonchev–Trinajstić information content (AvgIpc) is 3.26. The predicted octanol–water partition coefficient (Wildman–Crippen LogP) is 3.72. The average molecular weight is 512 g/mol. The normalized spacial score (nSPS) is 16.5. The maximum Gasteiger partial charge on any atom is 0.410 e. The molecule has 3 aromatic rings. The highest BCUT2D eigenvalue weighted by molar-refractivity contribution is 9.10. The van der Waals surface area contributed by atoms with Gasteiger partial charge in [0.05, 0.1) is 10.2 Å². The second-order valence-corrected chi connectivity index (χ2v) is 10.5. The number of benzene rings is 1. The molecule has 9 heteroatoms. The van der Waals surface area contributed by atoms with E-state index in [-0.39, 0.29) is 24.0 Å². The summed E-state index contributed by atoms with van der Waals surface area (Å²) >= 11 is 3.61. The number of carbonyl (C=O) groups is 2. The second kappa shape index (κ2) is 8.13. The van der Waals surface area contributed by atoms with E-state index in [1.165, 1.54) is 11.1 Å². The molecule has 5 rings (SSSR count). The number of ether oxygens (including phenoxy) is 1. The van der Waals surface area contributed by atoms with Crippen molar-refractivity contribution in [2.45, 2.75) is 51.2 Å². The number of fused-ring (bicyclic) bond motifs is 2. The van der Waals surface area contributed by atoms with E-state index in [1.807, 2.05) is 32.9 Å². The molecule has 1 N–H and O–H groups in total. The van der Waals surface area contributed by atoms with Gasteiger partial charge in [0.15, 0.2) is 5.65 Å². The van der Waals surface area contributed by atoms with Crippen molar-refractivity contribution in [3.63, 3.8) is 0 Å².